The van der Waals surface area contributed by atoms with Gasteiger partial charge in [-0.2, -0.15) is 0 Å². The number of benzene rings is 1. The summed E-state index contributed by atoms with van der Waals surface area (Å²) in [6.45, 7) is 0.784. The Morgan fingerprint density at radius 2 is 2.00 bits per heavy atom. The van der Waals surface area contributed by atoms with Crippen LogP contribution in [-0.4, -0.2) is 78.9 Å². The summed E-state index contributed by atoms with van der Waals surface area (Å²) in [5, 5.41) is 18.6. The molecule has 0 saturated heterocycles. The van der Waals surface area contributed by atoms with Crippen molar-refractivity contribution in [1.29, 1.82) is 0 Å². The highest BCUT2D eigenvalue weighted by atomic mass is 32.2. The van der Waals surface area contributed by atoms with Gasteiger partial charge in [-0.1, -0.05) is 30.3 Å². The van der Waals surface area contributed by atoms with E-state index in [1.807, 2.05) is 35.2 Å². The van der Waals surface area contributed by atoms with Crippen LogP contribution in [0.15, 0.2) is 41.7 Å². The molecule has 0 radical (unpaired) electrons. The second kappa shape index (κ2) is 9.95. The van der Waals surface area contributed by atoms with Crippen LogP contribution in [0.1, 0.15) is 11.3 Å². The summed E-state index contributed by atoms with van der Waals surface area (Å²) in [5.41, 5.74) is 1.67. The van der Waals surface area contributed by atoms with E-state index in [9.17, 15) is 13.5 Å². The Morgan fingerprint density at radius 1 is 1.30 bits per heavy atom. The van der Waals surface area contributed by atoms with Crippen LogP contribution in [0.2, 0.25) is 0 Å². The lowest BCUT2D eigenvalue weighted by Crippen LogP contribution is -2.31. The number of imidazole rings is 1. The van der Waals surface area contributed by atoms with E-state index in [-0.39, 0.29) is 30.7 Å². The predicted octanol–water partition coefficient (Wildman–Crippen LogP) is 0.137. The largest absolute Gasteiger partial charge is 0.394 e. The molecule has 9 heteroatoms. The topological polar surface area (TPSA) is 105 Å². The Morgan fingerprint density at radius 3 is 2.63 bits per heavy atom. The number of sulfone groups is 1. The normalized spacial score (nSPS) is 13.2. The summed E-state index contributed by atoms with van der Waals surface area (Å²) in [5.74, 6) is -0.145. The van der Waals surface area contributed by atoms with Gasteiger partial charge in [0, 0.05) is 20.2 Å². The molecule has 1 atom stereocenters. The Kier molecular flexibility index (Phi) is 7.93. The second-order valence-corrected chi connectivity index (χ2v) is 8.45. The van der Waals surface area contributed by atoms with Crippen molar-refractivity contribution in [3.05, 3.63) is 47.8 Å². The summed E-state index contributed by atoms with van der Waals surface area (Å²) in [7, 11) is -0.350. The third-order valence-electron chi connectivity index (χ3n) is 4.08. The molecule has 1 aromatic carbocycles. The zero-order chi connectivity index (χ0) is 19.9. The maximum atomic E-state index is 12.7. The van der Waals surface area contributed by atoms with Gasteiger partial charge in [-0.15, -0.1) is 0 Å². The molecule has 1 aromatic heterocycles. The third kappa shape index (κ3) is 6.12. The Labute approximate surface area is 159 Å². The van der Waals surface area contributed by atoms with Crippen molar-refractivity contribution in [2.45, 2.75) is 24.3 Å². The van der Waals surface area contributed by atoms with Crippen molar-refractivity contribution in [2.24, 2.45) is 0 Å². The number of hydrogen-bond acceptors (Lipinski definition) is 7. The number of ether oxygens (including phenoxy) is 1. The van der Waals surface area contributed by atoms with Gasteiger partial charge in [0.1, 0.15) is 0 Å². The number of aromatic nitrogens is 2. The number of nitrogens with zero attached hydrogens (tertiary/aromatic N) is 3. The van der Waals surface area contributed by atoms with Crippen molar-refractivity contribution >= 4 is 9.84 Å². The number of aliphatic hydroxyl groups excluding tert-OH is 2. The molecule has 2 rings (SSSR count). The third-order valence-corrected chi connectivity index (χ3v) is 5.67. The van der Waals surface area contributed by atoms with E-state index in [1.165, 1.54) is 7.11 Å². The standard InChI is InChI=1S/C18H27N3O5S/c1-20(13-17(23)14-22)12-16-10-19-18(27(24,25)9-8-26-2)21(16)11-15-6-4-3-5-7-15/h3-7,10,17,22-23H,8-9,11-14H2,1-2H3. The van der Waals surface area contributed by atoms with E-state index in [0.29, 0.717) is 18.8 Å². The fraction of sp³-hybridized carbons (Fsp3) is 0.500. The van der Waals surface area contributed by atoms with E-state index in [0.717, 1.165) is 5.56 Å². The number of likely N-dealkylation sites (N-methyl/N-ethyl adjacent to an activating group) is 1. The minimum atomic E-state index is -3.60. The number of methoxy groups -OCH3 is 1. The predicted molar refractivity (Wildman–Crippen MR) is 101 cm³/mol. The molecule has 0 spiro atoms. The smallest absolute Gasteiger partial charge is 0.228 e. The molecule has 1 heterocycles. The minimum absolute atomic E-state index is 0.00881. The molecule has 1 unspecified atom stereocenters. The minimum Gasteiger partial charge on any atom is -0.394 e. The highest BCUT2D eigenvalue weighted by molar-refractivity contribution is 7.91. The van der Waals surface area contributed by atoms with Gasteiger partial charge in [-0.3, -0.25) is 4.90 Å². The van der Waals surface area contributed by atoms with Crippen LogP contribution in [0, 0.1) is 0 Å². The van der Waals surface area contributed by atoms with E-state index >= 15 is 0 Å². The summed E-state index contributed by atoms with van der Waals surface area (Å²) in [4.78, 5) is 5.98. The monoisotopic (exact) mass is 397 g/mol. The van der Waals surface area contributed by atoms with Crippen molar-refractivity contribution in [2.75, 3.05) is 39.7 Å². The molecule has 0 saturated carbocycles. The van der Waals surface area contributed by atoms with Gasteiger partial charge in [0.25, 0.3) is 0 Å². The first-order chi connectivity index (χ1) is 12.9. The van der Waals surface area contributed by atoms with Crippen LogP contribution in [-0.2, 0) is 27.7 Å². The second-order valence-electron chi connectivity index (χ2n) is 6.45. The van der Waals surface area contributed by atoms with Crippen LogP contribution >= 0.6 is 0 Å². The summed E-state index contributed by atoms with van der Waals surface area (Å²) in [6.07, 6.45) is 0.690. The lowest BCUT2D eigenvalue weighted by atomic mass is 10.2. The fourth-order valence-electron chi connectivity index (χ4n) is 2.74. The molecular formula is C18H27N3O5S. The summed E-state index contributed by atoms with van der Waals surface area (Å²) in [6, 6.07) is 9.55. The first kappa shape index (κ1) is 21.5. The average molecular weight is 397 g/mol. The summed E-state index contributed by atoms with van der Waals surface area (Å²) >= 11 is 0. The van der Waals surface area contributed by atoms with Crippen molar-refractivity contribution in [1.82, 2.24) is 14.5 Å². The average Bonchev–Trinajstić information content (AvgIpc) is 3.03. The maximum absolute atomic E-state index is 12.7. The first-order valence-corrected chi connectivity index (χ1v) is 10.3. The van der Waals surface area contributed by atoms with Gasteiger partial charge < -0.3 is 19.5 Å². The highest BCUT2D eigenvalue weighted by Gasteiger charge is 2.24. The zero-order valence-electron chi connectivity index (χ0n) is 15.7. The Bertz CT molecular complexity index is 808. The van der Waals surface area contributed by atoms with Crippen LogP contribution in [0.5, 0.6) is 0 Å². The molecule has 0 aliphatic rings. The lowest BCUT2D eigenvalue weighted by Gasteiger charge is -2.20. The van der Waals surface area contributed by atoms with Gasteiger partial charge in [0.15, 0.2) is 0 Å². The Hall–Kier alpha value is -1.78. The quantitative estimate of drug-likeness (QED) is 0.555. The lowest BCUT2D eigenvalue weighted by molar-refractivity contribution is 0.0642. The van der Waals surface area contributed by atoms with Crippen LogP contribution in [0.3, 0.4) is 0 Å². The van der Waals surface area contributed by atoms with Crippen molar-refractivity contribution < 1.29 is 23.4 Å². The van der Waals surface area contributed by atoms with Gasteiger partial charge in [-0.05, 0) is 12.6 Å². The molecular weight excluding hydrogens is 370 g/mol. The molecule has 0 bridgehead atoms. The van der Waals surface area contributed by atoms with E-state index in [1.54, 1.807) is 17.8 Å². The zero-order valence-corrected chi connectivity index (χ0v) is 16.5. The van der Waals surface area contributed by atoms with Crippen LogP contribution < -0.4 is 0 Å². The van der Waals surface area contributed by atoms with Crippen LogP contribution in [0.4, 0.5) is 0 Å². The van der Waals surface area contributed by atoms with Gasteiger partial charge in [0.2, 0.25) is 15.0 Å². The SMILES string of the molecule is COCCS(=O)(=O)c1ncc(CN(C)CC(O)CO)n1Cc1ccccc1. The molecule has 0 fully saturated rings. The molecule has 0 aliphatic heterocycles. The molecule has 27 heavy (non-hydrogen) atoms. The Balaban J connectivity index is 2.33. The van der Waals surface area contributed by atoms with Gasteiger partial charge in [-0.25, -0.2) is 13.4 Å². The van der Waals surface area contributed by atoms with Gasteiger partial charge >= 0.3 is 0 Å². The molecule has 8 nitrogen and oxygen atoms in total. The number of aliphatic hydroxyl groups is 2. The fourth-order valence-corrected chi connectivity index (χ4v) is 4.04. The van der Waals surface area contributed by atoms with Gasteiger partial charge in [0.05, 0.1) is 43.5 Å². The summed E-state index contributed by atoms with van der Waals surface area (Å²) < 4.78 is 31.9. The van der Waals surface area contributed by atoms with E-state index in [4.69, 9.17) is 9.84 Å². The van der Waals surface area contributed by atoms with Crippen molar-refractivity contribution in [3.63, 3.8) is 0 Å². The van der Waals surface area contributed by atoms with Crippen LogP contribution in [0.25, 0.3) is 0 Å². The van der Waals surface area contributed by atoms with E-state index in [2.05, 4.69) is 4.98 Å². The molecule has 0 aliphatic carbocycles. The molecule has 150 valence electrons. The van der Waals surface area contributed by atoms with Crippen molar-refractivity contribution in [3.8, 4) is 0 Å². The number of rotatable bonds is 11. The maximum Gasteiger partial charge on any atom is 0.228 e. The highest BCUT2D eigenvalue weighted by Crippen LogP contribution is 2.17. The first-order valence-electron chi connectivity index (χ1n) is 8.65. The molecule has 2 N–H and O–H groups in total. The number of hydrogen-bond donors (Lipinski definition) is 2. The van der Waals surface area contributed by atoms with E-state index < -0.39 is 15.9 Å². The molecule has 0 amide bonds. The molecule has 2 aromatic rings.